The standard InChI is InChI=1S/C32H40O5/c1-32(2,3)37-28-19-27(31(30(28)33)36-22-26-17-11-6-12-18-26)29(35-21-25-15-9-5-10-16-25)23-34-20-24-13-7-4-8-14-24/h4-18,27-31,33H,19-23H2,1-3H3/t27-,28+,29+,30-,31-/m0/s1. The number of aliphatic hydroxyl groups excluding tert-OH is 1. The summed E-state index contributed by atoms with van der Waals surface area (Å²) < 4.78 is 25.3. The predicted octanol–water partition coefficient (Wildman–Crippen LogP) is 5.94. The smallest absolute Gasteiger partial charge is 0.107 e. The SMILES string of the molecule is CC(C)(C)O[C@@H]1C[C@@H]([C@@H](COCc2ccccc2)OCc2ccccc2)[C@H](OCc2ccccc2)[C@H]1O. The van der Waals surface area contributed by atoms with Gasteiger partial charge in [0, 0.05) is 5.92 Å². The van der Waals surface area contributed by atoms with Gasteiger partial charge in [-0.2, -0.15) is 0 Å². The molecule has 0 saturated heterocycles. The first-order valence-corrected chi connectivity index (χ1v) is 13.2. The molecule has 4 rings (SSSR count). The Morgan fingerprint density at radius 2 is 1.27 bits per heavy atom. The molecule has 1 aliphatic carbocycles. The van der Waals surface area contributed by atoms with Crippen LogP contribution in [-0.2, 0) is 38.8 Å². The highest BCUT2D eigenvalue weighted by Crippen LogP contribution is 2.37. The zero-order valence-electron chi connectivity index (χ0n) is 22.2. The van der Waals surface area contributed by atoms with Gasteiger partial charge >= 0.3 is 0 Å². The lowest BCUT2D eigenvalue weighted by atomic mass is 9.98. The number of aliphatic hydroxyl groups is 1. The highest BCUT2D eigenvalue weighted by atomic mass is 16.6. The second kappa shape index (κ2) is 13.3. The van der Waals surface area contributed by atoms with E-state index in [-0.39, 0.29) is 23.7 Å². The Morgan fingerprint density at radius 3 is 1.81 bits per heavy atom. The van der Waals surface area contributed by atoms with Crippen LogP contribution in [0, 0.1) is 5.92 Å². The van der Waals surface area contributed by atoms with Gasteiger partial charge in [0.05, 0.1) is 50.3 Å². The molecule has 0 bridgehead atoms. The minimum absolute atomic E-state index is 0.0921. The molecule has 0 spiro atoms. The Balaban J connectivity index is 1.51. The molecular weight excluding hydrogens is 464 g/mol. The molecule has 3 aromatic carbocycles. The topological polar surface area (TPSA) is 57.2 Å². The first kappa shape index (κ1) is 27.5. The first-order valence-electron chi connectivity index (χ1n) is 13.2. The Bertz CT molecular complexity index is 1040. The number of hydrogen-bond acceptors (Lipinski definition) is 5. The summed E-state index contributed by atoms with van der Waals surface area (Å²) in [6, 6.07) is 30.3. The monoisotopic (exact) mass is 504 g/mol. The Kier molecular flexibility index (Phi) is 9.89. The molecule has 0 radical (unpaired) electrons. The fourth-order valence-corrected chi connectivity index (χ4v) is 4.87. The fraction of sp³-hybridized carbons (Fsp3) is 0.438. The summed E-state index contributed by atoms with van der Waals surface area (Å²) in [6.07, 6.45) is -1.18. The largest absolute Gasteiger partial charge is 0.388 e. The fourth-order valence-electron chi connectivity index (χ4n) is 4.87. The molecule has 1 aliphatic rings. The number of hydrogen-bond donors (Lipinski definition) is 1. The average molecular weight is 505 g/mol. The quantitative estimate of drug-likeness (QED) is 0.331. The molecular formula is C32H40O5. The predicted molar refractivity (Wildman–Crippen MR) is 145 cm³/mol. The highest BCUT2D eigenvalue weighted by molar-refractivity contribution is 5.15. The van der Waals surface area contributed by atoms with Crippen molar-refractivity contribution in [3.63, 3.8) is 0 Å². The van der Waals surface area contributed by atoms with Crippen LogP contribution < -0.4 is 0 Å². The van der Waals surface area contributed by atoms with E-state index >= 15 is 0 Å². The van der Waals surface area contributed by atoms with Crippen LogP contribution >= 0.6 is 0 Å². The minimum atomic E-state index is -0.759. The van der Waals surface area contributed by atoms with Crippen molar-refractivity contribution in [2.45, 2.75) is 77.0 Å². The van der Waals surface area contributed by atoms with E-state index in [0.29, 0.717) is 32.8 Å². The third kappa shape index (κ3) is 8.49. The lowest BCUT2D eigenvalue weighted by Gasteiger charge is -2.30. The summed E-state index contributed by atoms with van der Waals surface area (Å²) in [7, 11) is 0. The zero-order chi connectivity index (χ0) is 26.1. The summed E-state index contributed by atoms with van der Waals surface area (Å²) >= 11 is 0. The van der Waals surface area contributed by atoms with E-state index in [9.17, 15) is 5.11 Å². The van der Waals surface area contributed by atoms with E-state index < -0.39 is 12.2 Å². The summed E-state index contributed by atoms with van der Waals surface area (Å²) in [6.45, 7) is 7.81. The van der Waals surface area contributed by atoms with E-state index in [2.05, 4.69) is 24.3 Å². The van der Waals surface area contributed by atoms with Crippen LogP contribution in [0.4, 0.5) is 0 Å². The third-order valence-electron chi connectivity index (χ3n) is 6.61. The van der Waals surface area contributed by atoms with Gasteiger partial charge in [0.1, 0.15) is 6.10 Å². The van der Waals surface area contributed by atoms with Crippen molar-refractivity contribution in [3.8, 4) is 0 Å². The molecule has 198 valence electrons. The van der Waals surface area contributed by atoms with Crippen LogP contribution in [0.2, 0.25) is 0 Å². The number of benzene rings is 3. The maximum atomic E-state index is 11.4. The van der Waals surface area contributed by atoms with Crippen LogP contribution in [0.3, 0.4) is 0 Å². The van der Waals surface area contributed by atoms with Crippen LogP contribution in [0.25, 0.3) is 0 Å². The first-order chi connectivity index (χ1) is 17.9. The minimum Gasteiger partial charge on any atom is -0.388 e. The lowest BCUT2D eigenvalue weighted by molar-refractivity contribution is -0.134. The molecule has 1 fully saturated rings. The van der Waals surface area contributed by atoms with Crippen LogP contribution in [0.15, 0.2) is 91.0 Å². The normalized spacial score (nSPS) is 22.7. The molecule has 1 saturated carbocycles. The van der Waals surface area contributed by atoms with E-state index in [0.717, 1.165) is 16.7 Å². The molecule has 5 nitrogen and oxygen atoms in total. The zero-order valence-corrected chi connectivity index (χ0v) is 22.2. The molecule has 0 aliphatic heterocycles. The third-order valence-corrected chi connectivity index (χ3v) is 6.61. The van der Waals surface area contributed by atoms with Crippen molar-refractivity contribution in [2.24, 2.45) is 5.92 Å². The number of ether oxygens (including phenoxy) is 4. The second-order valence-corrected chi connectivity index (χ2v) is 10.8. The van der Waals surface area contributed by atoms with Gasteiger partial charge in [-0.25, -0.2) is 0 Å². The molecule has 37 heavy (non-hydrogen) atoms. The van der Waals surface area contributed by atoms with Gasteiger partial charge in [0.25, 0.3) is 0 Å². The van der Waals surface area contributed by atoms with Crippen molar-refractivity contribution in [2.75, 3.05) is 6.61 Å². The Hall–Kier alpha value is -2.54. The van der Waals surface area contributed by atoms with Crippen LogP contribution in [-0.4, -0.2) is 41.7 Å². The van der Waals surface area contributed by atoms with Crippen molar-refractivity contribution in [1.29, 1.82) is 0 Å². The Morgan fingerprint density at radius 1 is 0.757 bits per heavy atom. The van der Waals surface area contributed by atoms with Crippen molar-refractivity contribution in [1.82, 2.24) is 0 Å². The Labute approximate surface area is 221 Å². The lowest BCUT2D eigenvalue weighted by Crippen LogP contribution is -2.41. The van der Waals surface area contributed by atoms with E-state index in [1.165, 1.54) is 0 Å². The van der Waals surface area contributed by atoms with Gasteiger partial charge in [-0.15, -0.1) is 0 Å². The molecule has 0 unspecified atom stereocenters. The van der Waals surface area contributed by atoms with Gasteiger partial charge in [-0.3, -0.25) is 0 Å². The van der Waals surface area contributed by atoms with Gasteiger partial charge in [-0.05, 0) is 43.9 Å². The molecule has 1 N–H and O–H groups in total. The maximum absolute atomic E-state index is 11.4. The van der Waals surface area contributed by atoms with Crippen LogP contribution in [0.5, 0.6) is 0 Å². The van der Waals surface area contributed by atoms with Gasteiger partial charge in [0.15, 0.2) is 0 Å². The molecule has 0 aromatic heterocycles. The molecule has 0 amide bonds. The summed E-state index contributed by atoms with van der Waals surface area (Å²) in [5.74, 6) is -0.0921. The maximum Gasteiger partial charge on any atom is 0.107 e. The number of rotatable bonds is 12. The average Bonchev–Trinajstić information content (AvgIpc) is 3.19. The van der Waals surface area contributed by atoms with Crippen molar-refractivity contribution in [3.05, 3.63) is 108 Å². The van der Waals surface area contributed by atoms with Gasteiger partial charge in [-0.1, -0.05) is 91.0 Å². The molecule has 0 heterocycles. The van der Waals surface area contributed by atoms with Crippen molar-refractivity contribution < 1.29 is 24.1 Å². The second-order valence-electron chi connectivity index (χ2n) is 10.8. The molecule has 3 aromatic rings. The summed E-state index contributed by atoms with van der Waals surface area (Å²) in [5, 5.41) is 11.4. The van der Waals surface area contributed by atoms with E-state index in [1.807, 2.05) is 87.5 Å². The van der Waals surface area contributed by atoms with Gasteiger partial charge < -0.3 is 24.1 Å². The van der Waals surface area contributed by atoms with Gasteiger partial charge in [0.2, 0.25) is 0 Å². The van der Waals surface area contributed by atoms with Crippen molar-refractivity contribution >= 4 is 0 Å². The van der Waals surface area contributed by atoms with E-state index in [4.69, 9.17) is 18.9 Å². The molecule has 5 atom stereocenters. The summed E-state index contributed by atoms with van der Waals surface area (Å²) in [4.78, 5) is 0. The summed E-state index contributed by atoms with van der Waals surface area (Å²) in [5.41, 5.74) is 2.89. The van der Waals surface area contributed by atoms with Crippen LogP contribution in [0.1, 0.15) is 43.9 Å². The highest BCUT2D eigenvalue weighted by Gasteiger charge is 2.48. The molecule has 5 heteroatoms. The van der Waals surface area contributed by atoms with E-state index in [1.54, 1.807) is 0 Å².